The molecule has 9 heteroatoms. The number of phenolic OH excluding ortho intramolecular Hbond substituents is 1. The number of hydrogen-bond acceptors (Lipinski definition) is 6. The number of rotatable bonds is 13. The Kier molecular flexibility index (Phi) is 11.2. The summed E-state index contributed by atoms with van der Waals surface area (Å²) < 4.78 is 17.4. The standard InChI is InChI=1S/C22H38N2O6Si/c1-7-28-31(29-8-2,30-9-3)12-10-11-23-21(27)24-15-17-13-18(16-25)20(26)19(14-17)22(4,5)6/h13-14,16,26H,7-12,15H2,1-6H3,(H2,23,24,27). The lowest BCUT2D eigenvalue weighted by molar-refractivity contribution is 0.0708. The molecule has 0 heterocycles. The van der Waals surface area contributed by atoms with Gasteiger partial charge in [-0.05, 0) is 50.3 Å². The number of aldehydes is 1. The zero-order valence-electron chi connectivity index (χ0n) is 19.7. The average molecular weight is 455 g/mol. The predicted octanol–water partition coefficient (Wildman–Crippen LogP) is 3.74. The van der Waals surface area contributed by atoms with Gasteiger partial charge in [0.1, 0.15) is 5.75 Å². The van der Waals surface area contributed by atoms with E-state index in [0.29, 0.717) is 50.7 Å². The van der Waals surface area contributed by atoms with Crippen LogP contribution in [0.4, 0.5) is 4.79 Å². The molecule has 0 saturated carbocycles. The average Bonchev–Trinajstić information content (AvgIpc) is 2.70. The van der Waals surface area contributed by atoms with E-state index in [9.17, 15) is 14.7 Å². The van der Waals surface area contributed by atoms with Crippen molar-refractivity contribution in [2.75, 3.05) is 26.4 Å². The maximum Gasteiger partial charge on any atom is 0.500 e. The molecule has 0 bridgehead atoms. The Morgan fingerprint density at radius 1 is 1.06 bits per heavy atom. The Morgan fingerprint density at radius 3 is 2.13 bits per heavy atom. The molecule has 0 radical (unpaired) electrons. The summed E-state index contributed by atoms with van der Waals surface area (Å²) in [6.45, 7) is 13.9. The summed E-state index contributed by atoms with van der Waals surface area (Å²) >= 11 is 0. The molecule has 0 atom stereocenters. The van der Waals surface area contributed by atoms with Crippen LogP contribution < -0.4 is 10.6 Å². The van der Waals surface area contributed by atoms with Crippen molar-refractivity contribution >= 4 is 21.1 Å². The van der Waals surface area contributed by atoms with Gasteiger partial charge >= 0.3 is 14.8 Å². The highest BCUT2D eigenvalue weighted by atomic mass is 28.4. The van der Waals surface area contributed by atoms with E-state index < -0.39 is 8.80 Å². The number of hydrogen-bond donors (Lipinski definition) is 3. The van der Waals surface area contributed by atoms with Crippen LogP contribution in [0.3, 0.4) is 0 Å². The van der Waals surface area contributed by atoms with E-state index in [0.717, 1.165) is 5.56 Å². The van der Waals surface area contributed by atoms with Gasteiger partial charge in [-0.15, -0.1) is 0 Å². The number of carbonyl (C=O) groups excluding carboxylic acids is 2. The van der Waals surface area contributed by atoms with Gasteiger partial charge in [-0.1, -0.05) is 20.8 Å². The third-order valence-corrected chi connectivity index (χ3v) is 7.78. The maximum atomic E-state index is 12.2. The molecule has 0 aliphatic heterocycles. The first-order chi connectivity index (χ1) is 14.6. The van der Waals surface area contributed by atoms with Gasteiger partial charge in [0.2, 0.25) is 0 Å². The smallest absolute Gasteiger partial charge is 0.500 e. The van der Waals surface area contributed by atoms with E-state index in [-0.39, 0.29) is 29.3 Å². The minimum Gasteiger partial charge on any atom is -0.507 e. The molecule has 3 N–H and O–H groups in total. The Hall–Kier alpha value is -1.94. The first-order valence-corrected chi connectivity index (χ1v) is 12.8. The molecule has 8 nitrogen and oxygen atoms in total. The first kappa shape index (κ1) is 27.1. The molecule has 1 aromatic rings. The highest BCUT2D eigenvalue weighted by Gasteiger charge is 2.39. The van der Waals surface area contributed by atoms with Crippen molar-refractivity contribution in [3.8, 4) is 5.75 Å². The molecule has 176 valence electrons. The van der Waals surface area contributed by atoms with E-state index in [1.807, 2.05) is 47.6 Å². The molecule has 0 aromatic heterocycles. The lowest BCUT2D eigenvalue weighted by atomic mass is 9.84. The highest BCUT2D eigenvalue weighted by Crippen LogP contribution is 2.33. The zero-order valence-corrected chi connectivity index (χ0v) is 20.7. The van der Waals surface area contributed by atoms with Gasteiger partial charge in [-0.3, -0.25) is 4.79 Å². The van der Waals surface area contributed by atoms with E-state index in [1.54, 1.807) is 6.07 Å². The molecule has 0 unspecified atom stereocenters. The van der Waals surface area contributed by atoms with Gasteiger partial charge in [-0.25, -0.2) is 4.79 Å². The Labute approximate surface area is 187 Å². The van der Waals surface area contributed by atoms with Crippen molar-refractivity contribution in [3.63, 3.8) is 0 Å². The second-order valence-corrected chi connectivity index (χ2v) is 10.9. The van der Waals surface area contributed by atoms with Gasteiger partial charge in [0.15, 0.2) is 6.29 Å². The predicted molar refractivity (Wildman–Crippen MR) is 122 cm³/mol. The second kappa shape index (κ2) is 12.8. The molecule has 31 heavy (non-hydrogen) atoms. The molecule has 0 spiro atoms. The molecule has 0 aliphatic carbocycles. The van der Waals surface area contributed by atoms with Crippen LogP contribution in [0.1, 0.15) is 69.4 Å². The fourth-order valence-corrected chi connectivity index (χ4v) is 5.85. The van der Waals surface area contributed by atoms with Crippen molar-refractivity contribution in [3.05, 3.63) is 28.8 Å². The monoisotopic (exact) mass is 454 g/mol. The molecular formula is C22H38N2O6Si. The molecule has 2 amide bonds. The Bertz CT molecular complexity index is 704. The SMILES string of the molecule is CCO[Si](CCCNC(=O)NCc1cc(C=O)c(O)c(C(C)(C)C)c1)(OCC)OCC. The van der Waals surface area contributed by atoms with Crippen molar-refractivity contribution in [2.24, 2.45) is 0 Å². The topological polar surface area (TPSA) is 106 Å². The molecular weight excluding hydrogens is 416 g/mol. The van der Waals surface area contributed by atoms with E-state index in [4.69, 9.17) is 13.3 Å². The van der Waals surface area contributed by atoms with Gasteiger partial charge in [0, 0.05) is 44.5 Å². The summed E-state index contributed by atoms with van der Waals surface area (Å²) in [6, 6.07) is 3.71. The maximum absolute atomic E-state index is 12.2. The molecule has 0 fully saturated rings. The summed E-state index contributed by atoms with van der Waals surface area (Å²) in [5.41, 5.74) is 1.29. The van der Waals surface area contributed by atoms with Gasteiger partial charge < -0.3 is 29.0 Å². The summed E-state index contributed by atoms with van der Waals surface area (Å²) in [4.78, 5) is 23.5. The van der Waals surface area contributed by atoms with Gasteiger partial charge in [0.05, 0.1) is 5.56 Å². The number of carbonyl (C=O) groups is 2. The highest BCUT2D eigenvalue weighted by molar-refractivity contribution is 6.60. The quantitative estimate of drug-likeness (QED) is 0.238. The van der Waals surface area contributed by atoms with Gasteiger partial charge in [0.25, 0.3) is 0 Å². The number of urea groups is 1. The van der Waals surface area contributed by atoms with Crippen LogP contribution in [0, 0.1) is 0 Å². The Morgan fingerprint density at radius 2 is 1.65 bits per heavy atom. The fourth-order valence-electron chi connectivity index (χ4n) is 3.24. The van der Waals surface area contributed by atoms with Crippen LogP contribution in [0.25, 0.3) is 0 Å². The first-order valence-electron chi connectivity index (χ1n) is 10.9. The van der Waals surface area contributed by atoms with Crippen LogP contribution in [0.2, 0.25) is 6.04 Å². The van der Waals surface area contributed by atoms with E-state index >= 15 is 0 Å². The number of amides is 2. The van der Waals surface area contributed by atoms with Crippen LogP contribution in [-0.2, 0) is 25.2 Å². The summed E-state index contributed by atoms with van der Waals surface area (Å²) in [5, 5.41) is 15.9. The van der Waals surface area contributed by atoms with Crippen molar-refractivity contribution in [1.29, 1.82) is 0 Å². The van der Waals surface area contributed by atoms with Crippen molar-refractivity contribution in [1.82, 2.24) is 10.6 Å². The number of aromatic hydroxyl groups is 1. The lowest BCUT2D eigenvalue weighted by Crippen LogP contribution is -2.46. The third-order valence-electron chi connectivity index (χ3n) is 4.63. The normalized spacial score (nSPS) is 11.9. The second-order valence-electron chi connectivity index (χ2n) is 8.14. The summed E-state index contributed by atoms with van der Waals surface area (Å²) in [5.74, 6) is -0.0127. The van der Waals surface area contributed by atoms with Crippen LogP contribution in [0.5, 0.6) is 5.75 Å². The molecule has 0 aliphatic rings. The fraction of sp³-hybridized carbons (Fsp3) is 0.636. The molecule has 1 aromatic carbocycles. The molecule has 1 rings (SSSR count). The van der Waals surface area contributed by atoms with Crippen molar-refractivity contribution < 1.29 is 28.0 Å². The Balaban J connectivity index is 2.62. The minimum absolute atomic E-state index is 0.0127. The van der Waals surface area contributed by atoms with E-state index in [1.165, 1.54) is 0 Å². The van der Waals surface area contributed by atoms with Crippen molar-refractivity contribution in [2.45, 2.75) is 66.0 Å². The number of benzene rings is 1. The van der Waals surface area contributed by atoms with Crippen LogP contribution >= 0.6 is 0 Å². The summed E-state index contributed by atoms with van der Waals surface area (Å²) in [6.07, 6.45) is 1.29. The van der Waals surface area contributed by atoms with Gasteiger partial charge in [-0.2, -0.15) is 0 Å². The zero-order chi connectivity index (χ0) is 23.5. The lowest BCUT2D eigenvalue weighted by Gasteiger charge is -2.28. The number of phenols is 1. The van der Waals surface area contributed by atoms with Crippen LogP contribution in [-0.4, -0.2) is 52.6 Å². The minimum atomic E-state index is -2.71. The largest absolute Gasteiger partial charge is 0.507 e. The number of nitrogens with one attached hydrogen (secondary N) is 2. The third kappa shape index (κ3) is 8.60. The van der Waals surface area contributed by atoms with E-state index in [2.05, 4.69) is 10.6 Å². The van der Waals surface area contributed by atoms with Crippen LogP contribution in [0.15, 0.2) is 12.1 Å². The summed E-state index contributed by atoms with van der Waals surface area (Å²) in [7, 11) is -2.71. The molecule has 0 saturated heterocycles.